The molecule has 0 spiro atoms. The summed E-state index contributed by atoms with van der Waals surface area (Å²) >= 11 is 2.32. The van der Waals surface area contributed by atoms with Gasteiger partial charge in [0.2, 0.25) is 7.26 Å². The molecule has 0 amide bonds. The lowest BCUT2D eigenvalue weighted by atomic mass is 10.5. The number of rotatable bonds is 2. The molecule has 0 bridgehead atoms. The lowest BCUT2D eigenvalue weighted by molar-refractivity contribution is 0.265. The van der Waals surface area contributed by atoms with Crippen LogP contribution in [0, 0.1) is 0 Å². The Morgan fingerprint density at radius 2 is 2.17 bits per heavy atom. The van der Waals surface area contributed by atoms with Gasteiger partial charge < -0.3 is 4.43 Å². The summed E-state index contributed by atoms with van der Waals surface area (Å²) in [4.78, 5) is 0. The Labute approximate surface area is 53.6 Å². The van der Waals surface area contributed by atoms with E-state index in [4.69, 9.17) is 4.43 Å². The van der Waals surface area contributed by atoms with Crippen LogP contribution in [0.25, 0.3) is 0 Å². The van der Waals surface area contributed by atoms with Crippen LogP contribution in [0.5, 0.6) is 0 Å². The first-order valence-corrected chi connectivity index (χ1v) is 7.63. The average molecular weight is 216 g/mol. The second-order valence-corrected chi connectivity index (χ2v) is 3.74. The molecule has 0 unspecified atom stereocenters. The van der Waals surface area contributed by atoms with Crippen molar-refractivity contribution in [3.05, 3.63) is 0 Å². The van der Waals surface area contributed by atoms with Crippen LogP contribution in [0.4, 0.5) is 0 Å². The molecule has 0 aliphatic carbocycles. The molecule has 0 N–H and O–H groups in total. The highest BCUT2D eigenvalue weighted by atomic mass is 127. The molecule has 38 valence electrons. The van der Waals surface area contributed by atoms with Crippen LogP contribution in [0.2, 0.25) is 0 Å². The van der Waals surface area contributed by atoms with Gasteiger partial charge in [-0.1, -0.05) is 21.8 Å². The lowest BCUT2D eigenvalue weighted by Crippen LogP contribution is -2.00. The predicted octanol–water partition coefficient (Wildman–Crippen LogP) is 0.845. The summed E-state index contributed by atoms with van der Waals surface area (Å²) in [5, 5.41) is 0. The van der Waals surface area contributed by atoms with E-state index in [0.717, 1.165) is 0 Å². The third kappa shape index (κ3) is 4.91. The van der Waals surface area contributed by atoms with E-state index >= 15 is 0 Å². The summed E-state index contributed by atoms with van der Waals surface area (Å²) in [5.41, 5.74) is 0. The molecule has 3 heteroatoms. The Morgan fingerprint density at radius 1 is 1.67 bits per heavy atom. The number of hydrogen-bond acceptors (Lipinski definition) is 1. The zero-order chi connectivity index (χ0) is 4.99. The van der Waals surface area contributed by atoms with Crippen LogP contribution in [-0.2, 0) is 4.43 Å². The molecule has 0 aliphatic heterocycles. The topological polar surface area (TPSA) is 9.23 Å². The summed E-state index contributed by atoms with van der Waals surface area (Å²) in [6, 6.07) is 0. The maximum Gasteiger partial charge on any atom is 0.227 e. The van der Waals surface area contributed by atoms with Crippen molar-refractivity contribution in [2.24, 2.45) is 0 Å². The van der Waals surface area contributed by atoms with E-state index in [1.165, 1.54) is 0 Å². The molecule has 0 aliphatic rings. The summed E-state index contributed by atoms with van der Waals surface area (Å²) in [7, 11) is -0.163. The van der Waals surface area contributed by atoms with Crippen LogP contribution in [-0.4, -0.2) is 13.4 Å². The fourth-order valence-electron chi connectivity index (χ4n) is 0.126. The fourth-order valence-corrected chi connectivity index (χ4v) is 2.54. The largest absolute Gasteiger partial charge is 0.411 e. The van der Waals surface area contributed by atoms with Crippen LogP contribution in [0.3, 0.4) is 0 Å². The van der Waals surface area contributed by atoms with Gasteiger partial charge in [-0.15, -0.1) is 0 Å². The third-order valence-corrected chi connectivity index (χ3v) is 2.27. The molecule has 6 heavy (non-hydrogen) atoms. The first-order chi connectivity index (χ1) is 2.77. The Morgan fingerprint density at radius 3 is 2.17 bits per heavy atom. The van der Waals surface area contributed by atoms with Gasteiger partial charge in [0.05, 0.1) is 0 Å². The Balaban J connectivity index is 2.63. The third-order valence-electron chi connectivity index (χ3n) is 0.396. The Kier molecular flexibility index (Phi) is 4.69. The summed E-state index contributed by atoms with van der Waals surface area (Å²) in [5.74, 6) is 0. The van der Waals surface area contributed by atoms with Crippen molar-refractivity contribution < 1.29 is 4.43 Å². The minimum Gasteiger partial charge on any atom is -0.411 e. The van der Waals surface area contributed by atoms with Gasteiger partial charge in [0, 0.05) is 6.10 Å². The molecule has 0 radical (unpaired) electrons. The molecule has 0 aromatic rings. The van der Waals surface area contributed by atoms with Crippen molar-refractivity contribution in [1.82, 2.24) is 0 Å². The zero-order valence-electron chi connectivity index (χ0n) is 4.07. The van der Waals surface area contributed by atoms with Gasteiger partial charge in [-0.25, -0.2) is 0 Å². The molecular weight excluding hydrogens is 207 g/mol. The van der Waals surface area contributed by atoms with Gasteiger partial charge in [0.25, 0.3) is 0 Å². The highest BCUT2D eigenvalue weighted by Gasteiger charge is 1.85. The molecule has 0 fully saturated rings. The van der Waals surface area contributed by atoms with Crippen LogP contribution < -0.4 is 0 Å². The van der Waals surface area contributed by atoms with E-state index in [-0.39, 0.29) is 7.26 Å². The molecular formula is C3H9IOSi. The lowest BCUT2D eigenvalue weighted by Gasteiger charge is -1.99. The number of halogens is 1. The van der Waals surface area contributed by atoms with Gasteiger partial charge in [0.1, 0.15) is 0 Å². The van der Waals surface area contributed by atoms with Crippen LogP contribution >= 0.6 is 21.8 Å². The van der Waals surface area contributed by atoms with E-state index in [9.17, 15) is 0 Å². The van der Waals surface area contributed by atoms with Crippen molar-refractivity contribution >= 4 is 29.1 Å². The van der Waals surface area contributed by atoms with Gasteiger partial charge in [-0.3, -0.25) is 0 Å². The molecule has 0 saturated heterocycles. The van der Waals surface area contributed by atoms with Crippen molar-refractivity contribution in [3.63, 3.8) is 0 Å². The highest BCUT2D eigenvalue weighted by molar-refractivity contribution is 14.1. The summed E-state index contributed by atoms with van der Waals surface area (Å²) in [6.07, 6.45) is 0.452. The summed E-state index contributed by atoms with van der Waals surface area (Å²) < 4.78 is 5.17. The molecule has 0 heterocycles. The Hall–Kier alpha value is 0.907. The first kappa shape index (κ1) is 6.91. The second-order valence-electron chi connectivity index (χ2n) is 1.32. The zero-order valence-corrected chi connectivity index (χ0v) is 7.64. The van der Waals surface area contributed by atoms with Gasteiger partial charge in [-0.2, -0.15) is 0 Å². The standard InChI is InChI=1S/C3H9IOSi/c1-3(2)5-6-4/h3H,6H2,1-2H3. The fraction of sp³-hybridized carbons (Fsp3) is 1.00. The van der Waals surface area contributed by atoms with Crippen molar-refractivity contribution in [2.75, 3.05) is 0 Å². The quantitative estimate of drug-likeness (QED) is 0.377. The van der Waals surface area contributed by atoms with Crippen molar-refractivity contribution in [2.45, 2.75) is 20.0 Å². The van der Waals surface area contributed by atoms with E-state index in [2.05, 4.69) is 35.6 Å². The van der Waals surface area contributed by atoms with E-state index in [0.29, 0.717) is 6.10 Å². The summed E-state index contributed by atoms with van der Waals surface area (Å²) in [6.45, 7) is 4.12. The average Bonchev–Trinajstić information content (AvgIpc) is 1.35. The maximum absolute atomic E-state index is 5.17. The Bertz CT molecular complexity index is 32.0. The number of hydrogen-bond donors (Lipinski definition) is 0. The predicted molar refractivity (Wildman–Crippen MR) is 38.8 cm³/mol. The second kappa shape index (κ2) is 4.08. The monoisotopic (exact) mass is 216 g/mol. The van der Waals surface area contributed by atoms with Crippen LogP contribution in [0.1, 0.15) is 13.8 Å². The van der Waals surface area contributed by atoms with E-state index in [1.54, 1.807) is 0 Å². The van der Waals surface area contributed by atoms with Gasteiger partial charge >= 0.3 is 0 Å². The first-order valence-electron chi connectivity index (χ1n) is 1.95. The SMILES string of the molecule is CC(C)O[SiH2]I. The van der Waals surface area contributed by atoms with Crippen molar-refractivity contribution in [1.29, 1.82) is 0 Å². The molecule has 0 saturated carbocycles. The minimum absolute atomic E-state index is 0.163. The maximum atomic E-state index is 5.17. The molecule has 0 aromatic carbocycles. The van der Waals surface area contributed by atoms with Gasteiger partial charge in [-0.05, 0) is 13.8 Å². The molecule has 0 aromatic heterocycles. The molecule has 1 nitrogen and oxygen atoms in total. The van der Waals surface area contributed by atoms with Crippen molar-refractivity contribution in [3.8, 4) is 0 Å². The van der Waals surface area contributed by atoms with Crippen LogP contribution in [0.15, 0.2) is 0 Å². The molecule has 0 atom stereocenters. The van der Waals surface area contributed by atoms with Gasteiger partial charge in [0.15, 0.2) is 0 Å². The van der Waals surface area contributed by atoms with E-state index in [1.807, 2.05) is 0 Å². The smallest absolute Gasteiger partial charge is 0.227 e. The van der Waals surface area contributed by atoms with E-state index < -0.39 is 0 Å². The molecule has 0 rings (SSSR count). The highest BCUT2D eigenvalue weighted by Crippen LogP contribution is 1.86. The minimum atomic E-state index is -0.163. The normalized spacial score (nSPS) is 12.0.